The van der Waals surface area contributed by atoms with Crippen molar-refractivity contribution in [1.29, 1.82) is 10.5 Å². The summed E-state index contributed by atoms with van der Waals surface area (Å²) in [7, 11) is 3.09. The van der Waals surface area contributed by atoms with Crippen molar-refractivity contribution in [2.75, 3.05) is 14.2 Å². The predicted molar refractivity (Wildman–Crippen MR) is 88.3 cm³/mol. The Morgan fingerprint density at radius 2 is 1.61 bits per heavy atom. The molecule has 4 N–H and O–H groups in total. The Bertz CT molecular complexity index is 764. The van der Waals surface area contributed by atoms with Crippen molar-refractivity contribution in [3.63, 3.8) is 0 Å². The minimum atomic E-state index is -0.647. The molecule has 1 aromatic carbocycles. The summed E-state index contributed by atoms with van der Waals surface area (Å²) < 4.78 is 10.8. The molecular formula is C16H16N4O2S. The highest BCUT2D eigenvalue weighted by molar-refractivity contribution is 8.06. The van der Waals surface area contributed by atoms with Crippen molar-refractivity contribution in [3.8, 4) is 23.6 Å². The molecule has 0 aliphatic carbocycles. The van der Waals surface area contributed by atoms with Crippen molar-refractivity contribution in [2.24, 2.45) is 11.5 Å². The molecule has 23 heavy (non-hydrogen) atoms. The third-order valence-corrected chi connectivity index (χ3v) is 4.57. The predicted octanol–water partition coefficient (Wildman–Crippen LogP) is 2.23. The van der Waals surface area contributed by atoms with Crippen LogP contribution in [-0.2, 0) is 0 Å². The van der Waals surface area contributed by atoms with Gasteiger partial charge in [-0.3, -0.25) is 0 Å². The van der Waals surface area contributed by atoms with E-state index >= 15 is 0 Å². The second-order valence-electron chi connectivity index (χ2n) is 4.83. The Labute approximate surface area is 139 Å². The van der Waals surface area contributed by atoms with Crippen LogP contribution in [0.15, 0.2) is 33.3 Å². The number of rotatable bonds is 3. The number of methoxy groups -OCH3 is 2. The van der Waals surface area contributed by atoms with Crippen LogP contribution in [0.2, 0.25) is 0 Å². The van der Waals surface area contributed by atoms with E-state index in [0.717, 1.165) is 17.3 Å². The maximum atomic E-state index is 9.49. The highest BCUT2D eigenvalue weighted by atomic mass is 32.2. The summed E-state index contributed by atoms with van der Waals surface area (Å²) in [5.74, 6) is 0.551. The molecule has 0 spiro atoms. The number of nitrogens with two attached hydrogens (primary N) is 2. The van der Waals surface area contributed by atoms with Gasteiger partial charge in [-0.25, -0.2) is 0 Å². The molecular weight excluding hydrogens is 312 g/mol. The summed E-state index contributed by atoms with van der Waals surface area (Å²) in [6, 6.07) is 7.72. The maximum absolute atomic E-state index is 9.49. The highest BCUT2D eigenvalue weighted by Crippen LogP contribution is 2.47. The van der Waals surface area contributed by atoms with Crippen LogP contribution in [0.3, 0.4) is 0 Å². The third kappa shape index (κ3) is 2.67. The standard InChI is InChI=1S/C16H16N4O2S/c1-8-12(21-2)5-4-9(14(8)22-3)13-10(6-17)15(19)23-16(20)11(13)7-18/h4-5,13H,19-20H2,1-3H3. The number of nitrogens with zero attached hydrogens (tertiary/aromatic N) is 2. The van der Waals surface area contributed by atoms with Gasteiger partial charge < -0.3 is 20.9 Å². The van der Waals surface area contributed by atoms with Gasteiger partial charge in [0.05, 0.1) is 53.5 Å². The van der Waals surface area contributed by atoms with Crippen LogP contribution in [0, 0.1) is 29.6 Å². The first-order valence-electron chi connectivity index (χ1n) is 6.68. The Morgan fingerprint density at radius 1 is 1.04 bits per heavy atom. The first-order valence-corrected chi connectivity index (χ1v) is 7.50. The molecule has 118 valence electrons. The summed E-state index contributed by atoms with van der Waals surface area (Å²) in [5, 5.41) is 19.6. The van der Waals surface area contributed by atoms with E-state index in [0.29, 0.717) is 38.3 Å². The number of ether oxygens (including phenoxy) is 2. The van der Waals surface area contributed by atoms with Gasteiger partial charge >= 0.3 is 0 Å². The van der Waals surface area contributed by atoms with Gasteiger partial charge in [0.1, 0.15) is 11.5 Å². The fourth-order valence-electron chi connectivity index (χ4n) is 2.62. The van der Waals surface area contributed by atoms with Crippen molar-refractivity contribution in [1.82, 2.24) is 0 Å². The Hall–Kier alpha value is -2.77. The summed E-state index contributed by atoms with van der Waals surface area (Å²) in [6.45, 7) is 1.84. The molecule has 6 nitrogen and oxygen atoms in total. The van der Waals surface area contributed by atoms with Gasteiger partial charge in [0.2, 0.25) is 0 Å². The summed E-state index contributed by atoms with van der Waals surface area (Å²) in [4.78, 5) is 0. The number of nitriles is 2. The molecule has 0 aromatic heterocycles. The molecule has 1 aliphatic rings. The SMILES string of the molecule is COc1ccc(C2C(C#N)=C(N)SC(N)=C2C#N)c(OC)c1C. The van der Waals surface area contributed by atoms with Crippen LogP contribution in [0.5, 0.6) is 11.5 Å². The molecule has 7 heteroatoms. The topological polar surface area (TPSA) is 118 Å². The van der Waals surface area contributed by atoms with E-state index in [4.69, 9.17) is 20.9 Å². The molecule has 0 saturated carbocycles. The van der Waals surface area contributed by atoms with Crippen LogP contribution in [0.25, 0.3) is 0 Å². The van der Waals surface area contributed by atoms with E-state index in [9.17, 15) is 10.5 Å². The normalized spacial score (nSPS) is 15.2. The minimum Gasteiger partial charge on any atom is -0.496 e. The van der Waals surface area contributed by atoms with Gasteiger partial charge in [0, 0.05) is 11.1 Å². The highest BCUT2D eigenvalue weighted by Gasteiger charge is 2.33. The van der Waals surface area contributed by atoms with E-state index < -0.39 is 5.92 Å². The molecule has 0 saturated heterocycles. The number of hydrogen-bond acceptors (Lipinski definition) is 7. The van der Waals surface area contributed by atoms with Gasteiger partial charge in [-0.2, -0.15) is 10.5 Å². The Kier molecular flexibility index (Phi) is 4.73. The first kappa shape index (κ1) is 16.6. The lowest BCUT2D eigenvalue weighted by atomic mass is 9.84. The van der Waals surface area contributed by atoms with Crippen molar-refractivity contribution >= 4 is 11.8 Å². The van der Waals surface area contributed by atoms with Crippen LogP contribution < -0.4 is 20.9 Å². The van der Waals surface area contributed by atoms with E-state index in [-0.39, 0.29) is 0 Å². The van der Waals surface area contributed by atoms with Crippen molar-refractivity contribution < 1.29 is 9.47 Å². The third-order valence-electron chi connectivity index (χ3n) is 3.69. The molecule has 2 rings (SSSR count). The van der Waals surface area contributed by atoms with E-state index in [1.807, 2.05) is 6.92 Å². The average Bonchev–Trinajstić information content (AvgIpc) is 2.54. The van der Waals surface area contributed by atoms with Crippen molar-refractivity contribution in [3.05, 3.63) is 44.5 Å². The molecule has 1 aromatic rings. The molecule has 0 unspecified atom stereocenters. The number of allylic oxidation sites excluding steroid dienone is 2. The van der Waals surface area contributed by atoms with E-state index in [1.165, 1.54) is 7.11 Å². The monoisotopic (exact) mass is 328 g/mol. The second kappa shape index (κ2) is 6.55. The van der Waals surface area contributed by atoms with Gasteiger partial charge in [0.25, 0.3) is 0 Å². The summed E-state index contributed by atoms with van der Waals surface area (Å²) in [5.41, 5.74) is 13.9. The fraction of sp³-hybridized carbons (Fsp3) is 0.250. The molecule has 1 heterocycles. The Morgan fingerprint density at radius 3 is 2.04 bits per heavy atom. The summed E-state index contributed by atoms with van der Waals surface area (Å²) in [6.07, 6.45) is 0. The van der Waals surface area contributed by atoms with Gasteiger partial charge in [0.15, 0.2) is 0 Å². The second-order valence-corrected chi connectivity index (χ2v) is 5.91. The number of thioether (sulfide) groups is 1. The van der Waals surface area contributed by atoms with Gasteiger partial charge in [-0.05, 0) is 13.0 Å². The fourth-order valence-corrected chi connectivity index (χ4v) is 3.41. The maximum Gasteiger partial charge on any atom is 0.129 e. The van der Waals surface area contributed by atoms with E-state index in [1.54, 1.807) is 19.2 Å². The van der Waals surface area contributed by atoms with Crippen LogP contribution >= 0.6 is 11.8 Å². The lowest BCUT2D eigenvalue weighted by Gasteiger charge is -2.26. The average molecular weight is 328 g/mol. The Balaban J connectivity index is 2.77. The number of benzene rings is 1. The number of hydrogen-bond donors (Lipinski definition) is 2. The zero-order valence-corrected chi connectivity index (χ0v) is 13.8. The van der Waals surface area contributed by atoms with Crippen LogP contribution in [0.1, 0.15) is 17.0 Å². The van der Waals surface area contributed by atoms with Gasteiger partial charge in [-0.1, -0.05) is 17.8 Å². The lowest BCUT2D eigenvalue weighted by molar-refractivity contribution is 0.385. The molecule has 0 radical (unpaired) electrons. The molecule has 0 amide bonds. The van der Waals surface area contributed by atoms with Crippen LogP contribution in [0.4, 0.5) is 0 Å². The zero-order valence-electron chi connectivity index (χ0n) is 13.0. The smallest absolute Gasteiger partial charge is 0.129 e. The lowest BCUT2D eigenvalue weighted by Crippen LogP contribution is -2.19. The largest absolute Gasteiger partial charge is 0.496 e. The molecule has 0 bridgehead atoms. The molecule has 0 fully saturated rings. The first-order chi connectivity index (χ1) is 11.0. The molecule has 0 atom stereocenters. The van der Waals surface area contributed by atoms with Gasteiger partial charge in [-0.15, -0.1) is 0 Å². The quantitative estimate of drug-likeness (QED) is 0.873. The van der Waals surface area contributed by atoms with Crippen LogP contribution in [-0.4, -0.2) is 14.2 Å². The van der Waals surface area contributed by atoms with E-state index in [2.05, 4.69) is 12.1 Å². The summed E-state index contributed by atoms with van der Waals surface area (Å²) >= 11 is 1.03. The zero-order chi connectivity index (χ0) is 17.1. The molecule has 1 aliphatic heterocycles. The minimum absolute atomic E-state index is 0.295. The van der Waals surface area contributed by atoms with Crippen molar-refractivity contribution in [2.45, 2.75) is 12.8 Å².